The second-order valence-electron chi connectivity index (χ2n) is 5.56. The molecule has 0 atom stereocenters. The van der Waals surface area contributed by atoms with Crippen molar-refractivity contribution in [3.8, 4) is 0 Å². The molecule has 0 unspecified atom stereocenters. The third-order valence-corrected chi connectivity index (χ3v) is 4.40. The third-order valence-electron chi connectivity index (χ3n) is 4.40. The molecule has 0 saturated heterocycles. The average molecular weight is 270 g/mol. The van der Waals surface area contributed by atoms with Gasteiger partial charge in [0, 0.05) is 41.7 Å². The molecule has 1 aromatic carbocycles. The van der Waals surface area contributed by atoms with Crippen molar-refractivity contribution in [2.75, 3.05) is 6.54 Å². The van der Waals surface area contributed by atoms with Gasteiger partial charge in [-0.05, 0) is 23.6 Å². The summed E-state index contributed by atoms with van der Waals surface area (Å²) in [5.74, 6) is 0. The summed E-state index contributed by atoms with van der Waals surface area (Å²) < 4.78 is 2.25. The predicted octanol–water partition coefficient (Wildman–Crippen LogP) is 4.29. The van der Waals surface area contributed by atoms with Crippen LogP contribution in [0.5, 0.6) is 0 Å². The summed E-state index contributed by atoms with van der Waals surface area (Å²) in [5, 5.41) is 2.60. The number of pyridine rings is 1. The fourth-order valence-corrected chi connectivity index (χ4v) is 3.41. The van der Waals surface area contributed by atoms with Crippen LogP contribution in [0.4, 0.5) is 0 Å². The van der Waals surface area contributed by atoms with Gasteiger partial charge in [-0.3, -0.25) is 0 Å². The van der Waals surface area contributed by atoms with Crippen molar-refractivity contribution in [2.24, 2.45) is 0 Å². The molecule has 0 spiro atoms. The molecular weight excluding hydrogens is 256 g/mol. The van der Waals surface area contributed by atoms with E-state index in [1.54, 1.807) is 0 Å². The van der Waals surface area contributed by atoms with E-state index < -0.39 is 0 Å². The molecule has 2 aliphatic heterocycles. The summed E-state index contributed by atoms with van der Waals surface area (Å²) in [7, 11) is 0. The fraction of sp³-hybridized carbons (Fsp3) is 0.0526. The van der Waals surface area contributed by atoms with Crippen LogP contribution in [0.1, 0.15) is 11.1 Å². The fourth-order valence-electron chi connectivity index (χ4n) is 3.41. The van der Waals surface area contributed by atoms with Gasteiger partial charge >= 0.3 is 0 Å². The lowest BCUT2D eigenvalue weighted by atomic mass is 10.0. The van der Waals surface area contributed by atoms with Crippen LogP contribution in [0.25, 0.3) is 28.1 Å². The van der Waals surface area contributed by atoms with Gasteiger partial charge in [0.25, 0.3) is 0 Å². The van der Waals surface area contributed by atoms with Gasteiger partial charge in [-0.1, -0.05) is 36.4 Å². The molecule has 5 rings (SSSR count). The highest BCUT2D eigenvalue weighted by Crippen LogP contribution is 2.36. The number of benzene rings is 1. The molecule has 21 heavy (non-hydrogen) atoms. The number of allylic oxidation sites excluding steroid dienone is 2. The zero-order chi connectivity index (χ0) is 13.8. The molecule has 0 radical (unpaired) electrons. The van der Waals surface area contributed by atoms with Gasteiger partial charge in [-0.15, -0.1) is 0 Å². The molecule has 2 heteroatoms. The lowest BCUT2D eigenvalue weighted by Crippen LogP contribution is -2.19. The molecule has 0 N–H and O–H groups in total. The van der Waals surface area contributed by atoms with Crippen LogP contribution in [0.15, 0.2) is 67.2 Å². The van der Waals surface area contributed by atoms with Gasteiger partial charge in [-0.2, -0.15) is 0 Å². The van der Waals surface area contributed by atoms with E-state index in [0.29, 0.717) is 0 Å². The normalized spacial score (nSPS) is 16.2. The second-order valence-corrected chi connectivity index (χ2v) is 5.56. The lowest BCUT2D eigenvalue weighted by Gasteiger charge is -2.27. The Morgan fingerprint density at radius 2 is 2.00 bits per heavy atom. The Morgan fingerprint density at radius 1 is 1.05 bits per heavy atom. The Hall–Kier alpha value is -2.74. The smallest absolute Gasteiger partial charge is 0.0608 e. The number of hydrogen-bond acceptors (Lipinski definition) is 1. The minimum absolute atomic E-state index is 0.953. The van der Waals surface area contributed by atoms with E-state index in [9.17, 15) is 0 Å². The SMILES string of the molecule is C1=CCN2C=Cc3c(cn4ccc5ccccc5c34)C2=C1. The van der Waals surface area contributed by atoms with Crippen LogP contribution in [-0.4, -0.2) is 15.8 Å². The number of nitrogens with zero attached hydrogens (tertiary/aromatic N) is 2. The molecule has 0 fully saturated rings. The van der Waals surface area contributed by atoms with E-state index in [1.165, 1.54) is 33.1 Å². The van der Waals surface area contributed by atoms with E-state index in [4.69, 9.17) is 0 Å². The maximum Gasteiger partial charge on any atom is 0.0608 e. The molecule has 4 heterocycles. The number of rotatable bonds is 0. The zero-order valence-corrected chi connectivity index (χ0v) is 11.5. The topological polar surface area (TPSA) is 7.65 Å². The first kappa shape index (κ1) is 11.0. The van der Waals surface area contributed by atoms with Crippen LogP contribution < -0.4 is 0 Å². The minimum atomic E-state index is 0.953. The van der Waals surface area contributed by atoms with E-state index in [0.717, 1.165) is 6.54 Å². The highest BCUT2D eigenvalue weighted by Gasteiger charge is 2.21. The molecule has 2 nitrogen and oxygen atoms in total. The third kappa shape index (κ3) is 1.42. The summed E-state index contributed by atoms with van der Waals surface area (Å²) in [5.41, 5.74) is 5.24. The van der Waals surface area contributed by atoms with Gasteiger partial charge in [0.2, 0.25) is 0 Å². The van der Waals surface area contributed by atoms with Gasteiger partial charge in [-0.25, -0.2) is 0 Å². The maximum absolute atomic E-state index is 2.30. The van der Waals surface area contributed by atoms with Crippen LogP contribution in [0.2, 0.25) is 0 Å². The summed E-state index contributed by atoms with van der Waals surface area (Å²) in [6.45, 7) is 0.953. The first-order valence-corrected chi connectivity index (χ1v) is 7.26. The summed E-state index contributed by atoms with van der Waals surface area (Å²) in [6, 6.07) is 10.8. The van der Waals surface area contributed by atoms with E-state index in [2.05, 4.69) is 82.5 Å². The van der Waals surface area contributed by atoms with Gasteiger partial charge in [0.15, 0.2) is 0 Å². The maximum atomic E-state index is 2.30. The van der Waals surface area contributed by atoms with Crippen molar-refractivity contribution in [1.29, 1.82) is 0 Å². The molecule has 3 aromatic rings. The lowest BCUT2D eigenvalue weighted by molar-refractivity contribution is 0.587. The van der Waals surface area contributed by atoms with Crippen molar-refractivity contribution < 1.29 is 0 Å². The predicted molar refractivity (Wildman–Crippen MR) is 87.8 cm³/mol. The van der Waals surface area contributed by atoms with Crippen molar-refractivity contribution >= 4 is 28.1 Å². The molecule has 2 aliphatic rings. The van der Waals surface area contributed by atoms with Gasteiger partial charge in [0.05, 0.1) is 11.2 Å². The molecule has 2 aromatic heterocycles. The van der Waals surface area contributed by atoms with Crippen LogP contribution in [0.3, 0.4) is 0 Å². The van der Waals surface area contributed by atoms with E-state index >= 15 is 0 Å². The molecule has 100 valence electrons. The quantitative estimate of drug-likeness (QED) is 0.591. The van der Waals surface area contributed by atoms with Crippen LogP contribution in [-0.2, 0) is 0 Å². The monoisotopic (exact) mass is 270 g/mol. The van der Waals surface area contributed by atoms with E-state index in [-0.39, 0.29) is 0 Å². The minimum Gasteiger partial charge on any atom is -0.344 e. The first-order valence-electron chi connectivity index (χ1n) is 7.26. The summed E-state index contributed by atoms with van der Waals surface area (Å²) in [4.78, 5) is 2.30. The highest BCUT2D eigenvalue weighted by atomic mass is 15.1. The Morgan fingerprint density at radius 3 is 3.00 bits per heavy atom. The summed E-state index contributed by atoms with van der Waals surface area (Å²) in [6.07, 6.45) is 15.4. The number of fused-ring (bicyclic) bond motifs is 7. The van der Waals surface area contributed by atoms with Crippen LogP contribution >= 0.6 is 0 Å². The average Bonchev–Trinajstić information content (AvgIpc) is 2.94. The van der Waals surface area contributed by atoms with Crippen molar-refractivity contribution in [3.05, 3.63) is 78.3 Å². The molecular formula is C19H14N2. The molecule has 0 bridgehead atoms. The molecule has 0 aliphatic carbocycles. The molecule has 0 amide bonds. The van der Waals surface area contributed by atoms with Crippen molar-refractivity contribution in [2.45, 2.75) is 0 Å². The first-order chi connectivity index (χ1) is 10.4. The van der Waals surface area contributed by atoms with Gasteiger partial charge in [0.1, 0.15) is 0 Å². The van der Waals surface area contributed by atoms with Crippen LogP contribution in [0, 0.1) is 0 Å². The Balaban J connectivity index is 1.93. The zero-order valence-electron chi connectivity index (χ0n) is 11.5. The number of aromatic nitrogens is 1. The Bertz CT molecular complexity index is 970. The largest absolute Gasteiger partial charge is 0.344 e. The highest BCUT2D eigenvalue weighted by molar-refractivity contribution is 6.03. The Kier molecular flexibility index (Phi) is 2.03. The van der Waals surface area contributed by atoms with Crippen molar-refractivity contribution in [1.82, 2.24) is 9.30 Å². The van der Waals surface area contributed by atoms with Gasteiger partial charge < -0.3 is 9.30 Å². The molecule has 0 saturated carbocycles. The number of hydrogen-bond donors (Lipinski definition) is 0. The standard InChI is InChI=1S/C19H14N2/c1-2-6-15-14(5-1)8-11-21-13-17-16(19(15)21)9-12-20-10-4-3-7-18(17)20/h1-9,11-13H,10H2. The Labute approximate surface area is 122 Å². The van der Waals surface area contributed by atoms with E-state index in [1.807, 2.05) is 0 Å². The summed E-state index contributed by atoms with van der Waals surface area (Å²) >= 11 is 0. The second kappa shape index (κ2) is 3.89. The van der Waals surface area contributed by atoms with Crippen molar-refractivity contribution in [3.63, 3.8) is 0 Å².